The molecule has 96 valence electrons. The van der Waals surface area contributed by atoms with Gasteiger partial charge in [0.05, 0.1) is 24.6 Å². The molecule has 0 bridgehead atoms. The molecular formula is C11H15N5O2. The Labute approximate surface area is 104 Å². The van der Waals surface area contributed by atoms with Crippen molar-refractivity contribution in [2.24, 2.45) is 0 Å². The highest BCUT2D eigenvalue weighted by Crippen LogP contribution is 2.03. The number of hydrogen-bond donors (Lipinski definition) is 2. The van der Waals surface area contributed by atoms with Crippen LogP contribution in [0.25, 0.3) is 0 Å². The maximum atomic E-state index is 11.6. The fraction of sp³-hybridized carbons (Fsp3) is 0.364. The molecule has 0 aliphatic carbocycles. The highest BCUT2D eigenvalue weighted by atomic mass is 16.4. The number of carbonyl (C=O) groups is 1. The molecule has 0 aliphatic heterocycles. The van der Waals surface area contributed by atoms with Gasteiger partial charge in [-0.25, -0.2) is 4.98 Å². The largest absolute Gasteiger partial charge is 0.444 e. The Hall–Kier alpha value is -2.31. The van der Waals surface area contributed by atoms with E-state index in [1.165, 1.54) is 10.9 Å². The van der Waals surface area contributed by atoms with Gasteiger partial charge >= 0.3 is 0 Å². The summed E-state index contributed by atoms with van der Waals surface area (Å²) >= 11 is 0. The maximum absolute atomic E-state index is 11.6. The van der Waals surface area contributed by atoms with Gasteiger partial charge in [-0.2, -0.15) is 5.10 Å². The summed E-state index contributed by atoms with van der Waals surface area (Å²) in [6.07, 6.45) is 5.54. The summed E-state index contributed by atoms with van der Waals surface area (Å²) in [5.74, 6) is 1.13. The van der Waals surface area contributed by atoms with Crippen molar-refractivity contribution in [3.05, 3.63) is 30.2 Å². The van der Waals surface area contributed by atoms with Gasteiger partial charge in [-0.05, 0) is 0 Å². The SMILES string of the molecule is CCc1cnc(CNC(=O)Cn2cc(N)cn2)o1. The Balaban J connectivity index is 1.81. The third-order valence-corrected chi connectivity index (χ3v) is 2.35. The predicted molar refractivity (Wildman–Crippen MR) is 64.4 cm³/mol. The zero-order chi connectivity index (χ0) is 13.0. The van der Waals surface area contributed by atoms with Crippen LogP contribution in [0.2, 0.25) is 0 Å². The van der Waals surface area contributed by atoms with E-state index in [1.807, 2.05) is 6.92 Å². The number of nitrogens with one attached hydrogen (secondary N) is 1. The van der Waals surface area contributed by atoms with Crippen molar-refractivity contribution in [3.8, 4) is 0 Å². The van der Waals surface area contributed by atoms with E-state index in [2.05, 4.69) is 15.4 Å². The molecule has 3 N–H and O–H groups in total. The molecule has 7 nitrogen and oxygen atoms in total. The number of aromatic nitrogens is 3. The summed E-state index contributed by atoms with van der Waals surface area (Å²) in [7, 11) is 0. The van der Waals surface area contributed by atoms with Crippen LogP contribution in [0, 0.1) is 0 Å². The maximum Gasteiger partial charge on any atom is 0.242 e. The van der Waals surface area contributed by atoms with Crippen LogP contribution in [0.5, 0.6) is 0 Å². The predicted octanol–water partition coefficient (Wildman–Crippen LogP) is 0.332. The second-order valence-corrected chi connectivity index (χ2v) is 3.82. The molecule has 0 aromatic carbocycles. The molecule has 2 aromatic rings. The van der Waals surface area contributed by atoms with Gasteiger partial charge in [0, 0.05) is 12.6 Å². The van der Waals surface area contributed by atoms with Crippen molar-refractivity contribution in [2.45, 2.75) is 26.4 Å². The summed E-state index contributed by atoms with van der Waals surface area (Å²) < 4.78 is 6.84. The van der Waals surface area contributed by atoms with Crippen molar-refractivity contribution in [3.63, 3.8) is 0 Å². The van der Waals surface area contributed by atoms with Crippen molar-refractivity contribution < 1.29 is 9.21 Å². The lowest BCUT2D eigenvalue weighted by atomic mass is 10.4. The fourth-order valence-electron chi connectivity index (χ4n) is 1.44. The van der Waals surface area contributed by atoms with E-state index in [0.717, 1.165) is 12.2 Å². The summed E-state index contributed by atoms with van der Waals surface area (Å²) in [6, 6.07) is 0. The molecule has 0 aliphatic rings. The van der Waals surface area contributed by atoms with Gasteiger partial charge in [0.1, 0.15) is 12.3 Å². The number of oxazole rings is 1. The molecule has 0 fully saturated rings. The van der Waals surface area contributed by atoms with Gasteiger partial charge in [-0.15, -0.1) is 0 Å². The molecule has 0 saturated heterocycles. The third kappa shape index (κ3) is 3.09. The van der Waals surface area contributed by atoms with E-state index in [1.54, 1.807) is 12.4 Å². The topological polar surface area (TPSA) is 99.0 Å². The minimum atomic E-state index is -0.172. The molecule has 0 atom stereocenters. The number of aryl methyl sites for hydroxylation is 1. The van der Waals surface area contributed by atoms with Crippen LogP contribution in [0.1, 0.15) is 18.6 Å². The number of amides is 1. The zero-order valence-electron chi connectivity index (χ0n) is 10.1. The van der Waals surface area contributed by atoms with Crippen LogP contribution in [-0.2, 0) is 24.3 Å². The molecule has 0 unspecified atom stereocenters. The summed E-state index contributed by atoms with van der Waals surface area (Å²) in [5, 5.41) is 6.62. The first-order valence-corrected chi connectivity index (χ1v) is 5.65. The number of rotatable bonds is 5. The first-order valence-electron chi connectivity index (χ1n) is 5.65. The van der Waals surface area contributed by atoms with Crippen molar-refractivity contribution >= 4 is 11.6 Å². The number of nitrogens with two attached hydrogens (primary N) is 1. The number of nitrogen functional groups attached to an aromatic ring is 1. The van der Waals surface area contributed by atoms with E-state index < -0.39 is 0 Å². The molecular weight excluding hydrogens is 234 g/mol. The Morgan fingerprint density at radius 1 is 1.56 bits per heavy atom. The van der Waals surface area contributed by atoms with E-state index in [9.17, 15) is 4.79 Å². The third-order valence-electron chi connectivity index (χ3n) is 2.35. The fourth-order valence-corrected chi connectivity index (χ4v) is 1.44. The van der Waals surface area contributed by atoms with Crippen LogP contribution in [-0.4, -0.2) is 20.7 Å². The van der Waals surface area contributed by atoms with Gasteiger partial charge in [0.2, 0.25) is 11.8 Å². The minimum absolute atomic E-state index is 0.124. The van der Waals surface area contributed by atoms with E-state index in [0.29, 0.717) is 11.6 Å². The molecule has 0 radical (unpaired) electrons. The molecule has 7 heteroatoms. The molecule has 0 spiro atoms. The van der Waals surface area contributed by atoms with Gasteiger partial charge < -0.3 is 15.5 Å². The van der Waals surface area contributed by atoms with Crippen LogP contribution >= 0.6 is 0 Å². The lowest BCUT2D eigenvalue weighted by Gasteiger charge is -2.02. The molecule has 0 saturated carbocycles. The molecule has 2 rings (SSSR count). The van der Waals surface area contributed by atoms with Crippen molar-refractivity contribution in [1.82, 2.24) is 20.1 Å². The van der Waals surface area contributed by atoms with Gasteiger partial charge in [-0.3, -0.25) is 9.48 Å². The zero-order valence-corrected chi connectivity index (χ0v) is 10.1. The summed E-state index contributed by atoms with van der Waals surface area (Å²) in [5.41, 5.74) is 6.03. The molecule has 1 amide bonds. The molecule has 18 heavy (non-hydrogen) atoms. The smallest absolute Gasteiger partial charge is 0.242 e. The minimum Gasteiger partial charge on any atom is -0.444 e. The Kier molecular flexibility index (Phi) is 3.61. The lowest BCUT2D eigenvalue weighted by molar-refractivity contribution is -0.122. The average Bonchev–Trinajstić information content (AvgIpc) is 2.95. The van der Waals surface area contributed by atoms with Crippen LogP contribution in [0.15, 0.2) is 23.0 Å². The Bertz CT molecular complexity index is 531. The Morgan fingerprint density at radius 3 is 3.00 bits per heavy atom. The van der Waals surface area contributed by atoms with Crippen LogP contribution < -0.4 is 11.1 Å². The first kappa shape index (κ1) is 12.2. The second-order valence-electron chi connectivity index (χ2n) is 3.82. The van der Waals surface area contributed by atoms with E-state index in [-0.39, 0.29) is 19.0 Å². The van der Waals surface area contributed by atoms with Crippen LogP contribution in [0.3, 0.4) is 0 Å². The summed E-state index contributed by atoms with van der Waals surface area (Å²) in [4.78, 5) is 15.6. The van der Waals surface area contributed by atoms with Crippen molar-refractivity contribution in [1.29, 1.82) is 0 Å². The lowest BCUT2D eigenvalue weighted by Crippen LogP contribution is -2.27. The monoisotopic (exact) mass is 249 g/mol. The normalized spacial score (nSPS) is 10.5. The number of hydrogen-bond acceptors (Lipinski definition) is 5. The number of nitrogens with zero attached hydrogens (tertiary/aromatic N) is 3. The van der Waals surface area contributed by atoms with Gasteiger partial charge in [0.15, 0.2) is 0 Å². The van der Waals surface area contributed by atoms with Gasteiger partial charge in [-0.1, -0.05) is 6.92 Å². The Morgan fingerprint density at radius 2 is 2.39 bits per heavy atom. The average molecular weight is 249 g/mol. The van der Waals surface area contributed by atoms with Crippen molar-refractivity contribution in [2.75, 3.05) is 5.73 Å². The van der Waals surface area contributed by atoms with Gasteiger partial charge in [0.25, 0.3) is 0 Å². The van der Waals surface area contributed by atoms with E-state index in [4.69, 9.17) is 10.2 Å². The molecule has 2 heterocycles. The highest BCUT2D eigenvalue weighted by Gasteiger charge is 2.06. The number of anilines is 1. The highest BCUT2D eigenvalue weighted by molar-refractivity contribution is 5.75. The standard InChI is InChI=1S/C11H15N5O2/c1-2-9-4-14-11(18-9)5-13-10(17)7-16-6-8(12)3-15-16/h3-4,6H,2,5,7,12H2,1H3,(H,13,17). The summed E-state index contributed by atoms with van der Waals surface area (Å²) in [6.45, 7) is 2.37. The first-order chi connectivity index (χ1) is 8.67. The second kappa shape index (κ2) is 5.35. The van der Waals surface area contributed by atoms with E-state index >= 15 is 0 Å². The quantitative estimate of drug-likeness (QED) is 0.795. The molecule has 2 aromatic heterocycles. The number of carbonyl (C=O) groups excluding carboxylic acids is 1. The van der Waals surface area contributed by atoms with Crippen LogP contribution in [0.4, 0.5) is 5.69 Å².